The fourth-order valence-electron chi connectivity index (χ4n) is 0.274. The van der Waals surface area contributed by atoms with Crippen molar-refractivity contribution in [2.75, 3.05) is 5.75 Å². The minimum absolute atomic E-state index is 0.452. The summed E-state index contributed by atoms with van der Waals surface area (Å²) in [5, 5.41) is 8.51. The summed E-state index contributed by atoms with van der Waals surface area (Å²) in [6.07, 6.45) is 1.68. The molecule has 7 heavy (non-hydrogen) atoms. The maximum atomic E-state index is 8.51. The summed E-state index contributed by atoms with van der Waals surface area (Å²) in [5.74, 6) is 0.831. The molecule has 0 aromatic rings. The van der Waals surface area contributed by atoms with Crippen molar-refractivity contribution < 1.29 is 5.11 Å². The largest absolute Gasteiger partial charge is 0.383 e. The Kier molecular flexibility index (Phi) is 5.26. The average Bonchev–Trinajstić information content (AvgIpc) is 1.61. The van der Waals surface area contributed by atoms with Crippen LogP contribution in [0.2, 0.25) is 0 Å². The predicted octanol–water partition coefficient (Wildman–Crippen LogP) is 0.945. The van der Waals surface area contributed by atoms with Crippen molar-refractivity contribution in [1.29, 1.82) is 0 Å². The predicted molar refractivity (Wildman–Crippen MR) is 38.1 cm³/mol. The summed E-state index contributed by atoms with van der Waals surface area (Å²) in [6, 6.07) is 0. The van der Waals surface area contributed by atoms with E-state index >= 15 is 0 Å². The van der Waals surface area contributed by atoms with E-state index < -0.39 is 5.44 Å². The molecule has 1 atom stereocenters. The second-order valence-corrected chi connectivity index (χ2v) is 2.39. The Hall–Kier alpha value is 0.660. The first-order valence-electron chi connectivity index (χ1n) is 2.24. The number of rotatable bonds is 3. The molecule has 0 aliphatic rings. The lowest BCUT2D eigenvalue weighted by Gasteiger charge is -1.97. The summed E-state index contributed by atoms with van der Waals surface area (Å²) in [7, 11) is 0. The first kappa shape index (κ1) is 7.66. The van der Waals surface area contributed by atoms with Crippen LogP contribution in [0.15, 0.2) is 0 Å². The van der Waals surface area contributed by atoms with Crippen LogP contribution in [-0.2, 0) is 0 Å². The lowest BCUT2D eigenvalue weighted by atomic mass is 10.4. The van der Waals surface area contributed by atoms with E-state index in [1.807, 2.05) is 0 Å². The fourth-order valence-corrected chi connectivity index (χ4v) is 0.639. The Labute approximate surface area is 54.9 Å². The lowest BCUT2D eigenvalue weighted by molar-refractivity contribution is 0.254. The maximum Gasteiger partial charge on any atom is 0.0964 e. The molecule has 0 amide bonds. The molecule has 0 heterocycles. The summed E-state index contributed by atoms with van der Waals surface area (Å²) in [6.45, 7) is 0. The van der Waals surface area contributed by atoms with E-state index in [0.717, 1.165) is 18.6 Å². The third kappa shape index (κ3) is 6.66. The molecule has 1 unspecified atom stereocenters. The number of aliphatic hydroxyl groups is 1. The Morgan fingerprint density at radius 1 is 1.57 bits per heavy atom. The third-order valence-corrected chi connectivity index (χ3v) is 1.19. The zero-order valence-corrected chi connectivity index (χ0v) is 5.83. The van der Waals surface area contributed by atoms with Crippen LogP contribution in [0, 0.1) is 0 Å². The minimum Gasteiger partial charge on any atom is -0.383 e. The molecule has 0 aromatic heterocycles. The smallest absolute Gasteiger partial charge is 0.0964 e. The second kappa shape index (κ2) is 4.81. The third-order valence-electron chi connectivity index (χ3n) is 0.620. The van der Waals surface area contributed by atoms with Gasteiger partial charge in [0.15, 0.2) is 0 Å². The molecular formula is C4H10OS2. The van der Waals surface area contributed by atoms with E-state index in [0.29, 0.717) is 0 Å². The highest BCUT2D eigenvalue weighted by Crippen LogP contribution is 2.00. The monoisotopic (exact) mass is 138 g/mol. The number of hydrogen-bond donors (Lipinski definition) is 3. The highest BCUT2D eigenvalue weighted by molar-refractivity contribution is 7.80. The first-order valence-corrected chi connectivity index (χ1v) is 3.39. The molecule has 0 aliphatic carbocycles. The van der Waals surface area contributed by atoms with E-state index in [-0.39, 0.29) is 0 Å². The second-order valence-electron chi connectivity index (χ2n) is 1.35. The SMILES string of the molecule is OC(S)CCCS. The molecule has 0 bridgehead atoms. The lowest BCUT2D eigenvalue weighted by Crippen LogP contribution is -1.94. The van der Waals surface area contributed by atoms with Crippen molar-refractivity contribution in [1.82, 2.24) is 0 Å². The Balaban J connectivity index is 2.68. The molecule has 0 fully saturated rings. The fraction of sp³-hybridized carbons (Fsp3) is 1.00. The van der Waals surface area contributed by atoms with Gasteiger partial charge in [0.2, 0.25) is 0 Å². The van der Waals surface area contributed by atoms with Gasteiger partial charge in [0.25, 0.3) is 0 Å². The van der Waals surface area contributed by atoms with E-state index in [1.165, 1.54) is 0 Å². The van der Waals surface area contributed by atoms with Crippen molar-refractivity contribution >= 4 is 25.3 Å². The number of aliphatic hydroxyl groups excluding tert-OH is 1. The molecule has 0 saturated carbocycles. The van der Waals surface area contributed by atoms with Crippen LogP contribution in [0.1, 0.15) is 12.8 Å². The molecule has 1 N–H and O–H groups in total. The van der Waals surface area contributed by atoms with E-state index in [2.05, 4.69) is 25.3 Å². The summed E-state index contributed by atoms with van der Waals surface area (Å²) in [5.41, 5.74) is -0.452. The Bertz CT molecular complexity index is 38.7. The topological polar surface area (TPSA) is 20.2 Å². The Morgan fingerprint density at radius 2 is 2.14 bits per heavy atom. The van der Waals surface area contributed by atoms with Crippen molar-refractivity contribution in [3.63, 3.8) is 0 Å². The average molecular weight is 138 g/mol. The van der Waals surface area contributed by atoms with Gasteiger partial charge in [-0.25, -0.2) is 0 Å². The van der Waals surface area contributed by atoms with Crippen LogP contribution in [-0.4, -0.2) is 16.3 Å². The summed E-state index contributed by atoms with van der Waals surface area (Å²) in [4.78, 5) is 0. The quantitative estimate of drug-likeness (QED) is 0.392. The molecular weight excluding hydrogens is 128 g/mol. The normalized spacial score (nSPS) is 14.1. The van der Waals surface area contributed by atoms with Gasteiger partial charge in [-0.1, -0.05) is 0 Å². The van der Waals surface area contributed by atoms with Crippen LogP contribution in [0.25, 0.3) is 0 Å². The molecule has 1 nitrogen and oxygen atoms in total. The highest BCUT2D eigenvalue weighted by atomic mass is 32.1. The van der Waals surface area contributed by atoms with Crippen molar-refractivity contribution in [2.24, 2.45) is 0 Å². The minimum atomic E-state index is -0.452. The van der Waals surface area contributed by atoms with E-state index in [4.69, 9.17) is 5.11 Å². The van der Waals surface area contributed by atoms with Gasteiger partial charge in [-0.05, 0) is 18.6 Å². The zero-order valence-electron chi connectivity index (χ0n) is 4.04. The highest BCUT2D eigenvalue weighted by Gasteiger charge is 1.91. The van der Waals surface area contributed by atoms with E-state index in [1.54, 1.807) is 0 Å². The zero-order chi connectivity index (χ0) is 5.70. The molecule has 0 aromatic carbocycles. The van der Waals surface area contributed by atoms with Gasteiger partial charge in [-0.3, -0.25) is 0 Å². The van der Waals surface area contributed by atoms with Crippen LogP contribution in [0.4, 0.5) is 0 Å². The molecule has 0 aliphatic heterocycles. The standard InChI is InChI=1S/C4H10OS2/c5-4(7)2-1-3-6/h4-7H,1-3H2. The van der Waals surface area contributed by atoms with Crippen LogP contribution in [0.5, 0.6) is 0 Å². The molecule has 0 spiro atoms. The van der Waals surface area contributed by atoms with E-state index in [9.17, 15) is 0 Å². The Morgan fingerprint density at radius 3 is 2.29 bits per heavy atom. The van der Waals surface area contributed by atoms with Gasteiger partial charge in [-0.2, -0.15) is 12.6 Å². The molecule has 3 heteroatoms. The number of thiol groups is 2. The van der Waals surface area contributed by atoms with Crippen LogP contribution < -0.4 is 0 Å². The molecule has 44 valence electrons. The van der Waals surface area contributed by atoms with Gasteiger partial charge in [-0.15, -0.1) is 12.6 Å². The summed E-state index contributed by atoms with van der Waals surface area (Å²) >= 11 is 7.70. The van der Waals surface area contributed by atoms with Gasteiger partial charge in [0, 0.05) is 0 Å². The van der Waals surface area contributed by atoms with Gasteiger partial charge in [0.1, 0.15) is 0 Å². The van der Waals surface area contributed by atoms with Gasteiger partial charge < -0.3 is 5.11 Å². The van der Waals surface area contributed by atoms with Crippen LogP contribution in [0.3, 0.4) is 0 Å². The molecule has 0 radical (unpaired) electrons. The number of hydrogen-bond acceptors (Lipinski definition) is 3. The van der Waals surface area contributed by atoms with Gasteiger partial charge >= 0.3 is 0 Å². The molecule has 0 saturated heterocycles. The first-order chi connectivity index (χ1) is 3.27. The van der Waals surface area contributed by atoms with Crippen LogP contribution >= 0.6 is 25.3 Å². The van der Waals surface area contributed by atoms with Crippen molar-refractivity contribution in [2.45, 2.75) is 18.3 Å². The maximum absolute atomic E-state index is 8.51. The van der Waals surface area contributed by atoms with Crippen molar-refractivity contribution in [3.05, 3.63) is 0 Å². The van der Waals surface area contributed by atoms with Crippen molar-refractivity contribution in [3.8, 4) is 0 Å². The van der Waals surface area contributed by atoms with Gasteiger partial charge in [0.05, 0.1) is 5.44 Å². The summed E-state index contributed by atoms with van der Waals surface area (Å²) < 4.78 is 0. The molecule has 0 rings (SSSR count).